The Bertz CT molecular complexity index is 846. The van der Waals surface area contributed by atoms with Crippen molar-refractivity contribution in [2.75, 3.05) is 6.61 Å². The Labute approximate surface area is 236 Å². The third-order valence-electron chi connectivity index (χ3n) is 8.30. The van der Waals surface area contributed by atoms with Crippen LogP contribution in [0.4, 0.5) is 0 Å². The van der Waals surface area contributed by atoms with Crippen LogP contribution in [0.3, 0.4) is 0 Å². The second kappa shape index (κ2) is 15.4. The molecule has 0 aliphatic heterocycles. The fourth-order valence-electron chi connectivity index (χ4n) is 5.91. The number of hydrogen-bond donors (Lipinski definition) is 1. The normalized spacial score (nSPS) is 15.8. The molecular weight excluding hydrogens is 480 g/mol. The van der Waals surface area contributed by atoms with Crippen LogP contribution in [0.2, 0.25) is 5.04 Å². The Morgan fingerprint density at radius 2 is 1.08 bits per heavy atom. The predicted octanol–water partition coefficient (Wildman–Crippen LogP) is 8.75. The first-order valence-corrected chi connectivity index (χ1v) is 17.3. The second-order valence-corrected chi connectivity index (χ2v) is 18.1. The molecule has 0 aliphatic carbocycles. The second-order valence-electron chi connectivity index (χ2n) is 13.8. The van der Waals surface area contributed by atoms with Gasteiger partial charge in [-0.2, -0.15) is 0 Å². The van der Waals surface area contributed by atoms with E-state index in [2.05, 4.69) is 109 Å². The summed E-state index contributed by atoms with van der Waals surface area (Å²) in [7, 11) is -2.62. The Balaban J connectivity index is 1.93. The molecular formula is C35H58O2Si. The summed E-state index contributed by atoms with van der Waals surface area (Å²) in [5, 5.41) is 13.9. The van der Waals surface area contributed by atoms with Gasteiger partial charge in [0.05, 0.1) is 12.2 Å². The smallest absolute Gasteiger partial charge is 0.261 e. The molecule has 0 unspecified atom stereocenters. The lowest BCUT2D eigenvalue weighted by molar-refractivity contribution is -0.00164. The van der Waals surface area contributed by atoms with Crippen molar-refractivity contribution in [2.45, 2.75) is 124 Å². The molecule has 0 bridgehead atoms. The molecule has 2 aromatic carbocycles. The molecule has 0 amide bonds. The zero-order chi connectivity index (χ0) is 28.2. The Kier molecular flexibility index (Phi) is 13.3. The first kappa shape index (κ1) is 32.8. The number of benzene rings is 2. The molecule has 0 saturated carbocycles. The van der Waals surface area contributed by atoms with Crippen LogP contribution in [0.5, 0.6) is 0 Å². The van der Waals surface area contributed by atoms with Crippen LogP contribution in [0.1, 0.15) is 113 Å². The van der Waals surface area contributed by atoms with Gasteiger partial charge in [-0.3, -0.25) is 0 Å². The van der Waals surface area contributed by atoms with E-state index in [1.807, 2.05) is 6.92 Å². The molecule has 0 aromatic heterocycles. The van der Waals surface area contributed by atoms with Gasteiger partial charge in [-0.05, 0) is 46.5 Å². The molecule has 0 heterocycles. The van der Waals surface area contributed by atoms with Gasteiger partial charge >= 0.3 is 0 Å². The van der Waals surface area contributed by atoms with Gasteiger partial charge in [0.2, 0.25) is 0 Å². The van der Waals surface area contributed by atoms with E-state index >= 15 is 0 Å². The van der Waals surface area contributed by atoms with Gasteiger partial charge in [0.25, 0.3) is 8.32 Å². The Morgan fingerprint density at radius 3 is 1.50 bits per heavy atom. The van der Waals surface area contributed by atoms with Crippen molar-refractivity contribution in [3.8, 4) is 0 Å². The van der Waals surface area contributed by atoms with Crippen LogP contribution in [-0.2, 0) is 4.43 Å². The van der Waals surface area contributed by atoms with Crippen LogP contribution in [0.15, 0.2) is 60.7 Å². The van der Waals surface area contributed by atoms with Crippen molar-refractivity contribution in [2.24, 2.45) is 17.8 Å². The molecule has 0 radical (unpaired) electrons. The van der Waals surface area contributed by atoms with Gasteiger partial charge in [0.15, 0.2) is 0 Å². The van der Waals surface area contributed by atoms with E-state index in [1.54, 1.807) is 0 Å². The van der Waals surface area contributed by atoms with E-state index in [1.165, 1.54) is 55.3 Å². The summed E-state index contributed by atoms with van der Waals surface area (Å²) in [6.45, 7) is 18.7. The summed E-state index contributed by atoms with van der Waals surface area (Å²) in [6.07, 6.45) is 11.1. The zero-order valence-corrected chi connectivity index (χ0v) is 26.9. The van der Waals surface area contributed by atoms with Gasteiger partial charge in [0.1, 0.15) is 0 Å². The van der Waals surface area contributed by atoms with Gasteiger partial charge in [-0.1, -0.05) is 160 Å². The van der Waals surface area contributed by atoms with Crippen molar-refractivity contribution < 1.29 is 9.53 Å². The summed E-state index contributed by atoms with van der Waals surface area (Å²) in [6, 6.07) is 21.4. The minimum Gasteiger partial charge on any atom is -0.404 e. The molecule has 0 aliphatic rings. The fraction of sp³-hybridized carbons (Fsp3) is 0.657. The van der Waals surface area contributed by atoms with Crippen LogP contribution in [0, 0.1) is 17.8 Å². The van der Waals surface area contributed by atoms with Crippen molar-refractivity contribution in [1.82, 2.24) is 0 Å². The standard InChI is InChI=1S/C35H58O2Si/c1-29(2)18-15-19-30(3)20-16-21-31(4)22-17-27-35(8,36)28-37-38(34(5,6)7,32-23-11-9-12-24-32)33-25-13-10-14-26-33/h9-14,23-26,29-31,36H,15-22,27-28H2,1-8H3/t30-,31-,35-/m1/s1. The lowest BCUT2D eigenvalue weighted by atomic mass is 9.90. The minimum absolute atomic E-state index is 0.0772. The highest BCUT2D eigenvalue weighted by atomic mass is 28.4. The van der Waals surface area contributed by atoms with Gasteiger partial charge in [-0.15, -0.1) is 0 Å². The summed E-state index contributed by atoms with van der Waals surface area (Å²) in [5.41, 5.74) is -0.836. The van der Waals surface area contributed by atoms with Crippen molar-refractivity contribution in [3.05, 3.63) is 60.7 Å². The van der Waals surface area contributed by atoms with Crippen LogP contribution >= 0.6 is 0 Å². The molecule has 0 spiro atoms. The number of rotatable bonds is 17. The van der Waals surface area contributed by atoms with Crippen molar-refractivity contribution in [1.29, 1.82) is 0 Å². The first-order valence-electron chi connectivity index (χ1n) is 15.3. The molecule has 2 rings (SSSR count). The lowest BCUT2D eigenvalue weighted by Gasteiger charge is -2.44. The molecule has 2 aromatic rings. The molecule has 0 saturated heterocycles. The van der Waals surface area contributed by atoms with E-state index in [4.69, 9.17) is 4.43 Å². The maximum atomic E-state index is 11.4. The average Bonchev–Trinajstić information content (AvgIpc) is 2.84. The molecule has 38 heavy (non-hydrogen) atoms. The van der Waals surface area contributed by atoms with E-state index in [9.17, 15) is 5.11 Å². The molecule has 0 fully saturated rings. The third kappa shape index (κ3) is 10.3. The van der Waals surface area contributed by atoms with Gasteiger partial charge in [0, 0.05) is 0 Å². The van der Waals surface area contributed by atoms with E-state index in [0.717, 1.165) is 24.7 Å². The van der Waals surface area contributed by atoms with Gasteiger partial charge < -0.3 is 9.53 Å². The lowest BCUT2D eigenvalue weighted by Crippen LogP contribution is -2.67. The maximum Gasteiger partial charge on any atom is 0.261 e. The first-order chi connectivity index (χ1) is 17.9. The van der Waals surface area contributed by atoms with Crippen LogP contribution < -0.4 is 10.4 Å². The Morgan fingerprint density at radius 1 is 0.658 bits per heavy atom. The molecule has 3 atom stereocenters. The fourth-order valence-corrected chi connectivity index (χ4v) is 10.6. The highest BCUT2D eigenvalue weighted by Crippen LogP contribution is 2.37. The number of aliphatic hydroxyl groups is 1. The highest BCUT2D eigenvalue weighted by Gasteiger charge is 2.50. The van der Waals surface area contributed by atoms with Gasteiger partial charge in [-0.25, -0.2) is 0 Å². The monoisotopic (exact) mass is 538 g/mol. The number of hydrogen-bond acceptors (Lipinski definition) is 2. The molecule has 1 N–H and O–H groups in total. The molecule has 214 valence electrons. The van der Waals surface area contributed by atoms with Crippen molar-refractivity contribution >= 4 is 18.7 Å². The minimum atomic E-state index is -2.62. The van der Waals surface area contributed by atoms with E-state index < -0.39 is 13.9 Å². The topological polar surface area (TPSA) is 29.5 Å². The van der Waals surface area contributed by atoms with E-state index in [-0.39, 0.29) is 5.04 Å². The predicted molar refractivity (Wildman–Crippen MR) is 169 cm³/mol. The summed E-state index contributed by atoms with van der Waals surface area (Å²) in [4.78, 5) is 0. The summed E-state index contributed by atoms with van der Waals surface area (Å²) in [5.74, 6) is 2.39. The third-order valence-corrected chi connectivity index (χ3v) is 13.3. The molecule has 2 nitrogen and oxygen atoms in total. The largest absolute Gasteiger partial charge is 0.404 e. The molecule has 3 heteroatoms. The summed E-state index contributed by atoms with van der Waals surface area (Å²) < 4.78 is 7.02. The SMILES string of the molecule is CC(C)CCC[C@@H](C)CCC[C@@H](C)CCC[C@@](C)(O)CO[Si](c1ccccc1)(c1ccccc1)C(C)(C)C. The Hall–Kier alpha value is -1.42. The van der Waals surface area contributed by atoms with Crippen LogP contribution in [-0.4, -0.2) is 25.6 Å². The van der Waals surface area contributed by atoms with Crippen molar-refractivity contribution in [3.63, 3.8) is 0 Å². The van der Waals surface area contributed by atoms with Crippen LogP contribution in [0.25, 0.3) is 0 Å². The highest BCUT2D eigenvalue weighted by molar-refractivity contribution is 6.99. The zero-order valence-electron chi connectivity index (χ0n) is 25.9. The summed E-state index contributed by atoms with van der Waals surface area (Å²) >= 11 is 0. The average molecular weight is 539 g/mol. The quantitative estimate of drug-likeness (QED) is 0.204. The maximum absolute atomic E-state index is 11.4. The van der Waals surface area contributed by atoms with E-state index in [0.29, 0.717) is 12.5 Å².